The number of hydrogen-bond acceptors (Lipinski definition) is 3. The van der Waals surface area contributed by atoms with Crippen molar-refractivity contribution in [3.63, 3.8) is 0 Å². The average Bonchev–Trinajstić information content (AvgIpc) is 2.47. The molecule has 0 unspecified atom stereocenters. The van der Waals surface area contributed by atoms with E-state index in [4.69, 9.17) is 27.4 Å². The van der Waals surface area contributed by atoms with Crippen LogP contribution in [0.4, 0.5) is 8.78 Å². The fourth-order valence-corrected chi connectivity index (χ4v) is 1.86. The molecule has 0 saturated heterocycles. The first-order chi connectivity index (χ1) is 10.1. The van der Waals surface area contributed by atoms with Crippen LogP contribution >= 0.6 is 12.2 Å². The van der Waals surface area contributed by atoms with Gasteiger partial charge in [-0.25, -0.2) is 8.78 Å². The molecule has 6 heteroatoms. The summed E-state index contributed by atoms with van der Waals surface area (Å²) in [5, 5.41) is 0. The molecule has 2 aromatic rings. The van der Waals surface area contributed by atoms with Crippen molar-refractivity contribution >= 4 is 17.2 Å². The molecular formula is C15H13F2NO2S. The summed E-state index contributed by atoms with van der Waals surface area (Å²) in [6.07, 6.45) is 0. The number of hydrogen-bond donors (Lipinski definition) is 1. The lowest BCUT2D eigenvalue weighted by Gasteiger charge is -2.11. The highest BCUT2D eigenvalue weighted by Crippen LogP contribution is 2.19. The van der Waals surface area contributed by atoms with Crippen molar-refractivity contribution in [3.8, 4) is 11.5 Å². The Morgan fingerprint density at radius 3 is 2.38 bits per heavy atom. The normalized spacial score (nSPS) is 10.2. The van der Waals surface area contributed by atoms with E-state index >= 15 is 0 Å². The molecule has 0 atom stereocenters. The Balaban J connectivity index is 1.91. The predicted octanol–water partition coefficient (Wildman–Crippen LogP) is 3.06. The standard InChI is InChI=1S/C15H13F2NO2S/c16-10-5-6-12(17)14(9-10)20-8-7-19-13-4-2-1-3-11(13)15(18)21/h1-6,9H,7-8H2,(H2,18,21). The van der Waals surface area contributed by atoms with Gasteiger partial charge in [-0.15, -0.1) is 0 Å². The zero-order valence-electron chi connectivity index (χ0n) is 11.0. The molecular weight excluding hydrogens is 296 g/mol. The van der Waals surface area contributed by atoms with Crippen LogP contribution in [0.5, 0.6) is 11.5 Å². The van der Waals surface area contributed by atoms with E-state index in [0.29, 0.717) is 11.3 Å². The van der Waals surface area contributed by atoms with E-state index in [1.807, 2.05) is 0 Å². The number of thiocarbonyl (C=S) groups is 1. The first-order valence-electron chi connectivity index (χ1n) is 6.17. The number of nitrogens with two attached hydrogens (primary N) is 1. The van der Waals surface area contributed by atoms with Crippen LogP contribution in [0.25, 0.3) is 0 Å². The van der Waals surface area contributed by atoms with Crippen molar-refractivity contribution in [3.05, 3.63) is 59.7 Å². The van der Waals surface area contributed by atoms with E-state index < -0.39 is 11.6 Å². The Morgan fingerprint density at radius 2 is 1.67 bits per heavy atom. The van der Waals surface area contributed by atoms with Crippen molar-refractivity contribution in [2.24, 2.45) is 5.73 Å². The summed E-state index contributed by atoms with van der Waals surface area (Å²) >= 11 is 4.91. The molecule has 0 amide bonds. The molecule has 2 N–H and O–H groups in total. The van der Waals surface area contributed by atoms with E-state index in [2.05, 4.69) is 0 Å². The molecule has 0 aliphatic rings. The number of ether oxygens (including phenoxy) is 2. The van der Waals surface area contributed by atoms with Crippen molar-refractivity contribution in [1.29, 1.82) is 0 Å². The van der Waals surface area contributed by atoms with Crippen molar-refractivity contribution in [2.45, 2.75) is 0 Å². The summed E-state index contributed by atoms with van der Waals surface area (Å²) in [6.45, 7) is 0.210. The Morgan fingerprint density at radius 1 is 1.00 bits per heavy atom. The Hall–Kier alpha value is -2.21. The van der Waals surface area contributed by atoms with Gasteiger partial charge in [0, 0.05) is 6.07 Å². The third kappa shape index (κ3) is 4.13. The quantitative estimate of drug-likeness (QED) is 0.658. The van der Waals surface area contributed by atoms with Gasteiger partial charge in [0.25, 0.3) is 0 Å². The number of para-hydroxylation sites is 1. The molecule has 0 heterocycles. The van der Waals surface area contributed by atoms with Crippen LogP contribution < -0.4 is 15.2 Å². The molecule has 3 nitrogen and oxygen atoms in total. The van der Waals surface area contributed by atoms with Crippen LogP contribution in [-0.4, -0.2) is 18.2 Å². The van der Waals surface area contributed by atoms with Crippen LogP contribution in [0.15, 0.2) is 42.5 Å². The lowest BCUT2D eigenvalue weighted by atomic mass is 10.2. The van der Waals surface area contributed by atoms with E-state index in [9.17, 15) is 8.78 Å². The summed E-state index contributed by atoms with van der Waals surface area (Å²) in [7, 11) is 0. The summed E-state index contributed by atoms with van der Waals surface area (Å²) in [5.41, 5.74) is 6.19. The minimum absolute atomic E-state index is 0.0615. The molecule has 2 rings (SSSR count). The summed E-state index contributed by atoms with van der Waals surface area (Å²) in [4.78, 5) is 0.225. The third-order valence-corrected chi connectivity index (χ3v) is 2.86. The first kappa shape index (κ1) is 15.2. The summed E-state index contributed by atoms with van der Waals surface area (Å²) in [6, 6.07) is 10.1. The fourth-order valence-electron chi connectivity index (χ4n) is 1.69. The van der Waals surface area contributed by atoms with Crippen molar-refractivity contribution < 1.29 is 18.3 Å². The zero-order chi connectivity index (χ0) is 15.2. The molecule has 0 saturated carbocycles. The second kappa shape index (κ2) is 6.99. The van der Waals surface area contributed by atoms with Crippen LogP contribution in [0, 0.1) is 11.6 Å². The van der Waals surface area contributed by atoms with Crippen molar-refractivity contribution in [2.75, 3.05) is 13.2 Å². The molecule has 0 bridgehead atoms. The number of rotatable bonds is 6. The van der Waals surface area contributed by atoms with Gasteiger partial charge in [-0.2, -0.15) is 0 Å². The maximum atomic E-state index is 13.3. The van der Waals surface area contributed by atoms with Crippen LogP contribution in [0.3, 0.4) is 0 Å². The van der Waals surface area contributed by atoms with Crippen molar-refractivity contribution in [1.82, 2.24) is 0 Å². The second-order valence-corrected chi connectivity index (χ2v) is 4.57. The van der Waals surface area contributed by atoms with E-state index in [0.717, 1.165) is 18.2 Å². The summed E-state index contributed by atoms with van der Waals surface area (Å²) in [5.74, 6) is -0.819. The predicted molar refractivity (Wildman–Crippen MR) is 79.7 cm³/mol. The van der Waals surface area contributed by atoms with Crippen LogP contribution in [-0.2, 0) is 0 Å². The number of benzene rings is 2. The minimum atomic E-state index is -0.625. The molecule has 0 aromatic heterocycles. The monoisotopic (exact) mass is 309 g/mol. The Bertz CT molecular complexity index is 649. The lowest BCUT2D eigenvalue weighted by Crippen LogP contribution is -2.14. The van der Waals surface area contributed by atoms with E-state index in [1.165, 1.54) is 0 Å². The maximum Gasteiger partial charge on any atom is 0.165 e. The number of halogens is 2. The SMILES string of the molecule is NC(=S)c1ccccc1OCCOc1cc(F)ccc1F. The maximum absolute atomic E-state index is 13.3. The molecule has 0 aliphatic heterocycles. The molecule has 0 spiro atoms. The molecule has 0 radical (unpaired) electrons. The second-order valence-electron chi connectivity index (χ2n) is 4.13. The molecule has 2 aromatic carbocycles. The van der Waals surface area contributed by atoms with E-state index in [-0.39, 0.29) is 24.0 Å². The largest absolute Gasteiger partial charge is 0.489 e. The highest BCUT2D eigenvalue weighted by molar-refractivity contribution is 7.80. The Labute approximate surface area is 126 Å². The molecule has 21 heavy (non-hydrogen) atoms. The van der Waals surface area contributed by atoms with Gasteiger partial charge < -0.3 is 15.2 Å². The van der Waals surface area contributed by atoms with Gasteiger partial charge in [-0.1, -0.05) is 24.4 Å². The van der Waals surface area contributed by atoms with Gasteiger partial charge >= 0.3 is 0 Å². The molecule has 110 valence electrons. The van der Waals surface area contributed by atoms with Crippen LogP contribution in [0.1, 0.15) is 5.56 Å². The van der Waals surface area contributed by atoms with Crippen LogP contribution in [0.2, 0.25) is 0 Å². The Kier molecular flexibility index (Phi) is 5.05. The third-order valence-electron chi connectivity index (χ3n) is 2.64. The van der Waals surface area contributed by atoms with Gasteiger partial charge in [-0.05, 0) is 24.3 Å². The van der Waals surface area contributed by atoms with Gasteiger partial charge in [0.2, 0.25) is 0 Å². The summed E-state index contributed by atoms with van der Waals surface area (Å²) < 4.78 is 36.9. The highest BCUT2D eigenvalue weighted by atomic mass is 32.1. The van der Waals surface area contributed by atoms with Gasteiger partial charge in [-0.3, -0.25) is 0 Å². The minimum Gasteiger partial charge on any atom is -0.489 e. The lowest BCUT2D eigenvalue weighted by molar-refractivity contribution is 0.210. The zero-order valence-corrected chi connectivity index (χ0v) is 11.8. The molecule has 0 fully saturated rings. The molecule has 0 aliphatic carbocycles. The smallest absolute Gasteiger partial charge is 0.165 e. The topological polar surface area (TPSA) is 44.5 Å². The van der Waals surface area contributed by atoms with Gasteiger partial charge in [0.15, 0.2) is 11.6 Å². The van der Waals surface area contributed by atoms with E-state index in [1.54, 1.807) is 24.3 Å². The fraction of sp³-hybridized carbons (Fsp3) is 0.133. The average molecular weight is 309 g/mol. The first-order valence-corrected chi connectivity index (χ1v) is 6.58. The van der Waals surface area contributed by atoms with Gasteiger partial charge in [0.1, 0.15) is 29.8 Å². The highest BCUT2D eigenvalue weighted by Gasteiger charge is 2.07. The van der Waals surface area contributed by atoms with Gasteiger partial charge in [0.05, 0.1) is 5.56 Å².